The lowest BCUT2D eigenvalue weighted by atomic mass is 9.89. The summed E-state index contributed by atoms with van der Waals surface area (Å²) in [4.78, 5) is 21.8. The summed E-state index contributed by atoms with van der Waals surface area (Å²) in [5.41, 5.74) is 0.271. The van der Waals surface area contributed by atoms with E-state index < -0.39 is 32.9 Å². The second kappa shape index (κ2) is 6.14. The first-order valence-corrected chi connectivity index (χ1v) is 9.38. The van der Waals surface area contributed by atoms with Gasteiger partial charge in [0.15, 0.2) is 0 Å². The second-order valence-corrected chi connectivity index (χ2v) is 8.25. The van der Waals surface area contributed by atoms with Crippen LogP contribution in [0.4, 0.5) is 5.69 Å². The minimum Gasteiger partial charge on any atom is -0.481 e. The largest absolute Gasteiger partial charge is 0.481 e. The predicted molar refractivity (Wildman–Crippen MR) is 85.0 cm³/mol. The van der Waals surface area contributed by atoms with Gasteiger partial charge in [0.25, 0.3) is 5.69 Å². The van der Waals surface area contributed by atoms with Crippen molar-refractivity contribution < 1.29 is 23.2 Å². The van der Waals surface area contributed by atoms with E-state index in [1.807, 2.05) is 0 Å². The van der Waals surface area contributed by atoms with Crippen LogP contribution < -0.4 is 0 Å². The van der Waals surface area contributed by atoms with Crippen LogP contribution in [0.25, 0.3) is 0 Å². The van der Waals surface area contributed by atoms with Crippen molar-refractivity contribution >= 4 is 21.7 Å². The van der Waals surface area contributed by atoms with Crippen molar-refractivity contribution in [2.45, 2.75) is 37.8 Å². The number of fused-ring (bicyclic) bond motifs is 2. The van der Waals surface area contributed by atoms with E-state index in [1.165, 1.54) is 16.4 Å². The van der Waals surface area contributed by atoms with Gasteiger partial charge in [-0.05, 0) is 25.7 Å². The number of carboxylic acids is 1. The summed E-state index contributed by atoms with van der Waals surface area (Å²) < 4.78 is 26.7. The number of para-hydroxylation sites is 1. The van der Waals surface area contributed by atoms with E-state index in [0.717, 1.165) is 0 Å². The molecule has 2 heterocycles. The zero-order valence-corrected chi connectivity index (χ0v) is 13.7. The lowest BCUT2D eigenvalue weighted by Gasteiger charge is -2.22. The van der Waals surface area contributed by atoms with E-state index in [4.69, 9.17) is 0 Å². The van der Waals surface area contributed by atoms with E-state index in [0.29, 0.717) is 24.8 Å². The number of rotatable bonds is 6. The lowest BCUT2D eigenvalue weighted by molar-refractivity contribution is -0.385. The Kier molecular flexibility index (Phi) is 4.31. The number of nitro groups is 1. The number of aryl methyl sites for hydroxylation is 1. The van der Waals surface area contributed by atoms with Crippen LogP contribution in [0.5, 0.6) is 0 Å². The van der Waals surface area contributed by atoms with Crippen molar-refractivity contribution in [3.05, 3.63) is 39.9 Å². The summed E-state index contributed by atoms with van der Waals surface area (Å²) in [6.07, 6.45) is 1.63. The molecule has 0 spiro atoms. The summed E-state index contributed by atoms with van der Waals surface area (Å²) >= 11 is 0. The summed E-state index contributed by atoms with van der Waals surface area (Å²) in [6, 6.07) is 5.33. The van der Waals surface area contributed by atoms with Crippen LogP contribution in [0.3, 0.4) is 0 Å². The molecule has 0 aromatic heterocycles. The van der Waals surface area contributed by atoms with Crippen LogP contribution in [0.2, 0.25) is 0 Å². The third-order valence-corrected chi connectivity index (χ3v) is 6.86. The average molecular weight is 354 g/mol. The van der Waals surface area contributed by atoms with Gasteiger partial charge >= 0.3 is 5.97 Å². The second-order valence-electron chi connectivity index (χ2n) is 6.26. The fourth-order valence-corrected chi connectivity index (χ4v) is 5.88. The molecule has 0 amide bonds. The van der Waals surface area contributed by atoms with Crippen molar-refractivity contribution in [1.82, 2.24) is 4.31 Å². The number of hydrogen-bond acceptors (Lipinski definition) is 5. The van der Waals surface area contributed by atoms with Gasteiger partial charge in [-0.1, -0.05) is 18.2 Å². The van der Waals surface area contributed by atoms with Gasteiger partial charge in [-0.3, -0.25) is 14.9 Å². The van der Waals surface area contributed by atoms with E-state index in [-0.39, 0.29) is 23.9 Å². The Morgan fingerprint density at radius 2 is 2.04 bits per heavy atom. The Labute approximate surface area is 139 Å². The predicted octanol–water partition coefficient (Wildman–Crippen LogP) is 1.40. The molecule has 0 aliphatic carbocycles. The van der Waals surface area contributed by atoms with Gasteiger partial charge in [0, 0.05) is 23.7 Å². The summed E-state index contributed by atoms with van der Waals surface area (Å²) in [6.45, 7) is 0. The molecule has 2 aliphatic rings. The zero-order valence-electron chi connectivity index (χ0n) is 12.9. The van der Waals surface area contributed by atoms with E-state index in [2.05, 4.69) is 0 Å². The van der Waals surface area contributed by atoms with Gasteiger partial charge in [-0.25, -0.2) is 8.42 Å². The molecule has 2 saturated heterocycles. The van der Waals surface area contributed by atoms with Crippen molar-refractivity contribution in [3.8, 4) is 0 Å². The number of aliphatic carboxylic acids is 1. The molecule has 3 rings (SSSR count). The smallest absolute Gasteiger partial charge is 0.308 e. The number of benzene rings is 1. The maximum Gasteiger partial charge on any atom is 0.308 e. The Morgan fingerprint density at radius 1 is 1.33 bits per heavy atom. The number of carbonyl (C=O) groups is 1. The summed E-state index contributed by atoms with van der Waals surface area (Å²) in [5, 5.41) is 20.2. The molecule has 130 valence electrons. The molecule has 1 aromatic carbocycles. The highest BCUT2D eigenvalue weighted by Gasteiger charge is 2.53. The maximum atomic E-state index is 12.7. The minimum absolute atomic E-state index is 0.0349. The quantitative estimate of drug-likeness (QED) is 0.609. The topological polar surface area (TPSA) is 118 Å². The van der Waals surface area contributed by atoms with Gasteiger partial charge < -0.3 is 5.11 Å². The molecule has 1 aromatic rings. The van der Waals surface area contributed by atoms with Crippen LogP contribution in [0.15, 0.2) is 24.3 Å². The van der Waals surface area contributed by atoms with Crippen molar-refractivity contribution in [1.29, 1.82) is 0 Å². The van der Waals surface area contributed by atoms with Gasteiger partial charge in [-0.15, -0.1) is 0 Å². The third kappa shape index (κ3) is 2.89. The van der Waals surface area contributed by atoms with E-state index in [1.54, 1.807) is 12.1 Å². The molecular weight excluding hydrogens is 336 g/mol. The van der Waals surface area contributed by atoms with Gasteiger partial charge in [0.05, 0.1) is 16.6 Å². The monoisotopic (exact) mass is 354 g/mol. The first-order chi connectivity index (χ1) is 11.3. The molecule has 24 heavy (non-hydrogen) atoms. The van der Waals surface area contributed by atoms with Gasteiger partial charge in [0.2, 0.25) is 10.0 Å². The number of sulfonamides is 1. The Morgan fingerprint density at radius 3 is 2.67 bits per heavy atom. The molecule has 0 radical (unpaired) electrons. The Balaban J connectivity index is 1.76. The molecule has 0 saturated carbocycles. The standard InChI is InChI=1S/C15H18N2O6S/c18-15(19)12-9-11-5-6-14(12)16(11)24(22,23)8-7-10-3-1-2-4-13(10)17(20)21/h1-4,11-12,14H,5-9H2,(H,18,19). The zero-order chi connectivity index (χ0) is 17.5. The highest BCUT2D eigenvalue weighted by atomic mass is 32.2. The maximum absolute atomic E-state index is 12.7. The molecule has 2 bridgehead atoms. The molecule has 8 nitrogen and oxygen atoms in total. The number of nitro benzene ring substituents is 1. The molecule has 3 atom stereocenters. The summed E-state index contributed by atoms with van der Waals surface area (Å²) in [7, 11) is -3.66. The third-order valence-electron chi connectivity index (χ3n) is 4.93. The fraction of sp³-hybridized carbons (Fsp3) is 0.533. The minimum atomic E-state index is -3.66. The Hall–Kier alpha value is -2.00. The Bertz CT molecular complexity index is 778. The average Bonchev–Trinajstić information content (AvgIpc) is 3.12. The number of nitrogens with zero attached hydrogens (tertiary/aromatic N) is 2. The first kappa shape index (κ1) is 16.8. The first-order valence-electron chi connectivity index (χ1n) is 7.77. The van der Waals surface area contributed by atoms with E-state index in [9.17, 15) is 28.4 Å². The molecule has 2 fully saturated rings. The van der Waals surface area contributed by atoms with Crippen LogP contribution in [0.1, 0.15) is 24.8 Å². The van der Waals surface area contributed by atoms with Crippen LogP contribution >= 0.6 is 0 Å². The van der Waals surface area contributed by atoms with Gasteiger partial charge in [0.1, 0.15) is 0 Å². The fourth-order valence-electron chi connectivity index (χ4n) is 3.88. The number of carboxylic acid groups (broad SMARTS) is 1. The SMILES string of the molecule is O=C(O)C1CC2CCC1N2S(=O)(=O)CCc1ccccc1[N+](=O)[O-]. The van der Waals surface area contributed by atoms with Crippen LogP contribution in [-0.4, -0.2) is 46.6 Å². The lowest BCUT2D eigenvalue weighted by Crippen LogP contribution is -2.39. The summed E-state index contributed by atoms with van der Waals surface area (Å²) in [5.74, 6) is -1.86. The van der Waals surface area contributed by atoms with Crippen molar-refractivity contribution in [2.24, 2.45) is 5.92 Å². The molecule has 2 aliphatic heterocycles. The molecule has 1 N–H and O–H groups in total. The van der Waals surface area contributed by atoms with E-state index >= 15 is 0 Å². The van der Waals surface area contributed by atoms with Gasteiger partial charge in [-0.2, -0.15) is 4.31 Å². The highest BCUT2D eigenvalue weighted by molar-refractivity contribution is 7.89. The highest BCUT2D eigenvalue weighted by Crippen LogP contribution is 2.43. The molecule has 9 heteroatoms. The number of hydrogen-bond donors (Lipinski definition) is 1. The van der Waals surface area contributed by atoms with Crippen LogP contribution in [0, 0.1) is 16.0 Å². The van der Waals surface area contributed by atoms with Crippen molar-refractivity contribution in [3.63, 3.8) is 0 Å². The van der Waals surface area contributed by atoms with Crippen molar-refractivity contribution in [2.75, 3.05) is 5.75 Å². The normalized spacial score (nSPS) is 26.6. The molecular formula is C15H18N2O6S. The molecule has 3 unspecified atom stereocenters. The van der Waals surface area contributed by atoms with Crippen LogP contribution in [-0.2, 0) is 21.2 Å².